The highest BCUT2D eigenvalue weighted by atomic mass is 16.5. The molecule has 0 saturated carbocycles. The Morgan fingerprint density at radius 1 is 1.10 bits per heavy atom. The molecule has 7 nitrogen and oxygen atoms in total. The molecule has 2 fully saturated rings. The van der Waals surface area contributed by atoms with Gasteiger partial charge in [0.2, 0.25) is 5.91 Å². The highest BCUT2D eigenvalue weighted by Crippen LogP contribution is 2.20. The van der Waals surface area contributed by atoms with E-state index in [1.54, 1.807) is 12.1 Å². The lowest BCUT2D eigenvalue weighted by molar-refractivity contribution is -0.123. The summed E-state index contributed by atoms with van der Waals surface area (Å²) in [5.41, 5.74) is 1.65. The molecule has 1 amide bonds. The maximum atomic E-state index is 12.6. The number of methoxy groups -OCH3 is 1. The SMILES string of the molecule is COC(=O)c1ccc(N2CCN(CC(=O)NC3CCN(C(C)C)CC3)C(C)C2)cc1. The van der Waals surface area contributed by atoms with E-state index >= 15 is 0 Å². The molecule has 1 N–H and O–H groups in total. The van der Waals surface area contributed by atoms with Crippen molar-refractivity contribution in [3.63, 3.8) is 0 Å². The number of ether oxygens (including phenoxy) is 1. The van der Waals surface area contributed by atoms with E-state index < -0.39 is 0 Å². The Morgan fingerprint density at radius 3 is 2.33 bits per heavy atom. The van der Waals surface area contributed by atoms with Gasteiger partial charge in [-0.05, 0) is 57.9 Å². The summed E-state index contributed by atoms with van der Waals surface area (Å²) >= 11 is 0. The first kappa shape index (κ1) is 22.6. The van der Waals surface area contributed by atoms with Crippen LogP contribution in [0.4, 0.5) is 5.69 Å². The van der Waals surface area contributed by atoms with Crippen LogP contribution in [0.5, 0.6) is 0 Å². The molecule has 2 saturated heterocycles. The van der Waals surface area contributed by atoms with Crippen molar-refractivity contribution in [2.45, 2.75) is 51.7 Å². The number of benzene rings is 1. The normalized spacial score (nSPS) is 21.6. The fourth-order valence-corrected chi connectivity index (χ4v) is 4.41. The van der Waals surface area contributed by atoms with Crippen molar-refractivity contribution in [3.05, 3.63) is 29.8 Å². The van der Waals surface area contributed by atoms with Crippen LogP contribution in [0, 0.1) is 0 Å². The van der Waals surface area contributed by atoms with Crippen LogP contribution in [-0.4, -0.2) is 86.2 Å². The third-order valence-corrected chi connectivity index (χ3v) is 6.39. The molecule has 30 heavy (non-hydrogen) atoms. The van der Waals surface area contributed by atoms with Gasteiger partial charge < -0.3 is 19.9 Å². The Balaban J connectivity index is 1.45. The summed E-state index contributed by atoms with van der Waals surface area (Å²) in [4.78, 5) is 31.2. The number of carbonyl (C=O) groups excluding carboxylic acids is 2. The van der Waals surface area contributed by atoms with Crippen molar-refractivity contribution in [2.75, 3.05) is 51.3 Å². The molecule has 3 rings (SSSR count). The van der Waals surface area contributed by atoms with Gasteiger partial charge in [-0.2, -0.15) is 0 Å². The second kappa shape index (κ2) is 10.3. The number of anilines is 1. The van der Waals surface area contributed by atoms with Crippen LogP contribution in [0.25, 0.3) is 0 Å². The van der Waals surface area contributed by atoms with E-state index in [-0.39, 0.29) is 17.9 Å². The summed E-state index contributed by atoms with van der Waals surface area (Å²) in [5, 5.41) is 3.25. The number of piperidine rings is 1. The second-order valence-electron chi connectivity index (χ2n) is 8.78. The van der Waals surface area contributed by atoms with Gasteiger partial charge in [0.1, 0.15) is 0 Å². The largest absolute Gasteiger partial charge is 0.465 e. The number of hydrogen-bond acceptors (Lipinski definition) is 6. The maximum Gasteiger partial charge on any atom is 0.337 e. The van der Waals surface area contributed by atoms with Crippen LogP contribution < -0.4 is 10.2 Å². The smallest absolute Gasteiger partial charge is 0.337 e. The van der Waals surface area contributed by atoms with Crippen molar-refractivity contribution >= 4 is 17.6 Å². The summed E-state index contributed by atoms with van der Waals surface area (Å²) in [7, 11) is 1.39. The average Bonchev–Trinajstić information content (AvgIpc) is 2.75. The molecule has 1 unspecified atom stereocenters. The summed E-state index contributed by atoms with van der Waals surface area (Å²) in [6, 6.07) is 8.70. The second-order valence-corrected chi connectivity index (χ2v) is 8.78. The highest BCUT2D eigenvalue weighted by molar-refractivity contribution is 5.89. The topological polar surface area (TPSA) is 65.1 Å². The minimum atomic E-state index is -0.319. The lowest BCUT2D eigenvalue weighted by Gasteiger charge is -2.41. The van der Waals surface area contributed by atoms with Crippen LogP contribution >= 0.6 is 0 Å². The average molecular weight is 417 g/mol. The lowest BCUT2D eigenvalue weighted by atomic mass is 10.0. The number of esters is 1. The first-order valence-corrected chi connectivity index (χ1v) is 11.1. The van der Waals surface area contributed by atoms with Gasteiger partial charge >= 0.3 is 5.97 Å². The predicted octanol–water partition coefficient (Wildman–Crippen LogP) is 1.97. The first-order valence-electron chi connectivity index (χ1n) is 11.1. The molecular formula is C23H36N4O3. The van der Waals surface area contributed by atoms with E-state index in [0.717, 1.165) is 51.3 Å². The third-order valence-electron chi connectivity index (χ3n) is 6.39. The summed E-state index contributed by atoms with van der Waals surface area (Å²) in [5.74, 6) is -0.179. The summed E-state index contributed by atoms with van der Waals surface area (Å²) in [6.45, 7) is 11.8. The number of rotatable bonds is 6. The highest BCUT2D eigenvalue weighted by Gasteiger charge is 2.27. The molecule has 0 spiro atoms. The third kappa shape index (κ3) is 5.73. The Bertz CT molecular complexity index is 714. The molecule has 7 heteroatoms. The van der Waals surface area contributed by atoms with E-state index in [1.165, 1.54) is 7.11 Å². The molecule has 0 radical (unpaired) electrons. The Hall–Kier alpha value is -2.12. The number of nitrogens with zero attached hydrogens (tertiary/aromatic N) is 3. The molecule has 166 valence electrons. The standard InChI is InChI=1S/C23H36N4O3/c1-17(2)25-11-9-20(10-12-25)24-22(28)16-26-13-14-27(15-18(26)3)21-7-5-19(6-8-21)23(29)30-4/h5-8,17-18,20H,9-16H2,1-4H3,(H,24,28). The van der Waals surface area contributed by atoms with E-state index in [1.807, 2.05) is 12.1 Å². The van der Waals surface area contributed by atoms with E-state index in [0.29, 0.717) is 24.2 Å². The minimum absolute atomic E-state index is 0.140. The maximum absolute atomic E-state index is 12.6. The van der Waals surface area contributed by atoms with E-state index in [9.17, 15) is 9.59 Å². The number of piperazine rings is 1. The van der Waals surface area contributed by atoms with Gasteiger partial charge in [0, 0.05) is 56.5 Å². The zero-order valence-corrected chi connectivity index (χ0v) is 18.8. The monoisotopic (exact) mass is 416 g/mol. The summed E-state index contributed by atoms with van der Waals surface area (Å²) < 4.78 is 4.76. The number of hydrogen-bond donors (Lipinski definition) is 1. The predicted molar refractivity (Wildman–Crippen MR) is 119 cm³/mol. The van der Waals surface area contributed by atoms with Crippen LogP contribution in [0.2, 0.25) is 0 Å². The molecule has 2 heterocycles. The molecule has 0 bridgehead atoms. The van der Waals surface area contributed by atoms with Crippen LogP contribution in [0.3, 0.4) is 0 Å². The molecular weight excluding hydrogens is 380 g/mol. The van der Waals surface area contributed by atoms with Gasteiger partial charge in [-0.15, -0.1) is 0 Å². The summed E-state index contributed by atoms with van der Waals surface area (Å²) in [6.07, 6.45) is 2.07. The van der Waals surface area contributed by atoms with Crippen molar-refractivity contribution < 1.29 is 14.3 Å². The molecule has 1 atom stereocenters. The van der Waals surface area contributed by atoms with Crippen molar-refractivity contribution in [1.29, 1.82) is 0 Å². The van der Waals surface area contributed by atoms with Crippen molar-refractivity contribution in [1.82, 2.24) is 15.1 Å². The number of amides is 1. The van der Waals surface area contributed by atoms with E-state index in [2.05, 4.69) is 40.8 Å². The molecule has 2 aliphatic heterocycles. The number of nitrogens with one attached hydrogen (secondary N) is 1. The van der Waals surface area contributed by atoms with Gasteiger partial charge in [0.15, 0.2) is 0 Å². The number of carbonyl (C=O) groups is 2. The van der Waals surface area contributed by atoms with Gasteiger partial charge in [-0.1, -0.05) is 0 Å². The van der Waals surface area contributed by atoms with Gasteiger partial charge in [0.05, 0.1) is 19.2 Å². The molecule has 1 aromatic rings. The zero-order chi connectivity index (χ0) is 21.7. The Kier molecular flexibility index (Phi) is 7.72. The molecule has 2 aliphatic rings. The zero-order valence-electron chi connectivity index (χ0n) is 18.8. The fraction of sp³-hybridized carbons (Fsp3) is 0.652. The van der Waals surface area contributed by atoms with Crippen molar-refractivity contribution in [2.24, 2.45) is 0 Å². The van der Waals surface area contributed by atoms with Crippen LogP contribution in [-0.2, 0) is 9.53 Å². The molecule has 1 aromatic carbocycles. The van der Waals surface area contributed by atoms with E-state index in [4.69, 9.17) is 4.74 Å². The molecule has 0 aliphatic carbocycles. The molecule has 0 aromatic heterocycles. The van der Waals surface area contributed by atoms with Crippen LogP contribution in [0.15, 0.2) is 24.3 Å². The fourth-order valence-electron chi connectivity index (χ4n) is 4.41. The van der Waals surface area contributed by atoms with Gasteiger partial charge in [-0.3, -0.25) is 9.69 Å². The Morgan fingerprint density at radius 2 is 1.77 bits per heavy atom. The minimum Gasteiger partial charge on any atom is -0.465 e. The van der Waals surface area contributed by atoms with Crippen LogP contribution in [0.1, 0.15) is 44.0 Å². The van der Waals surface area contributed by atoms with Crippen molar-refractivity contribution in [3.8, 4) is 0 Å². The first-order chi connectivity index (χ1) is 14.4. The lowest BCUT2D eigenvalue weighted by Crippen LogP contribution is -2.55. The quantitative estimate of drug-likeness (QED) is 0.716. The van der Waals surface area contributed by atoms with Gasteiger partial charge in [0.25, 0.3) is 0 Å². The Labute approximate surface area is 180 Å². The number of likely N-dealkylation sites (tertiary alicyclic amines) is 1. The van der Waals surface area contributed by atoms with Gasteiger partial charge in [-0.25, -0.2) is 4.79 Å².